The first kappa shape index (κ1) is 18.1. The Bertz CT molecular complexity index is 750. The van der Waals surface area contributed by atoms with E-state index in [0.29, 0.717) is 30.2 Å². The second kappa shape index (κ2) is 7.58. The van der Waals surface area contributed by atoms with Crippen molar-refractivity contribution in [3.8, 4) is 0 Å². The average Bonchev–Trinajstić information content (AvgIpc) is 2.88. The molecular formula is C16H24N4O3Si. The standard InChI is InChI=1S/C16H24N4O3Si/c1-22-13(21)6-5-12-9-20(11-23-7-8-24(2,3)4)16-14(12)15(17)18-10-19-16/h5-6,9-10H,7-8,11H2,1-4H3,(H2,17,18,19)/b6-5-. The number of methoxy groups -OCH3 is 1. The third-order valence-electron chi connectivity index (χ3n) is 3.54. The molecule has 0 bridgehead atoms. The minimum Gasteiger partial charge on any atom is -0.466 e. The van der Waals surface area contributed by atoms with E-state index in [1.165, 1.54) is 19.5 Å². The van der Waals surface area contributed by atoms with Crippen LogP contribution in [0.15, 0.2) is 18.6 Å². The minimum absolute atomic E-state index is 0.366. The monoisotopic (exact) mass is 348 g/mol. The molecule has 0 saturated heterocycles. The number of ether oxygens (including phenoxy) is 2. The van der Waals surface area contributed by atoms with Crippen LogP contribution in [0.1, 0.15) is 5.56 Å². The molecule has 0 atom stereocenters. The fourth-order valence-electron chi connectivity index (χ4n) is 2.17. The summed E-state index contributed by atoms with van der Waals surface area (Å²) in [6, 6.07) is 1.10. The lowest BCUT2D eigenvalue weighted by molar-refractivity contribution is -0.134. The lowest BCUT2D eigenvalue weighted by atomic mass is 10.2. The maximum atomic E-state index is 11.3. The molecule has 2 heterocycles. The molecule has 2 aromatic rings. The van der Waals surface area contributed by atoms with Crippen molar-refractivity contribution < 1.29 is 14.3 Å². The van der Waals surface area contributed by atoms with Crippen molar-refractivity contribution in [2.75, 3.05) is 19.5 Å². The predicted octanol–water partition coefficient (Wildman–Crippen LogP) is 2.51. The molecule has 0 aliphatic rings. The third-order valence-corrected chi connectivity index (χ3v) is 5.24. The number of rotatable bonds is 7. The first-order valence-corrected chi connectivity index (χ1v) is 11.5. The topological polar surface area (TPSA) is 92.3 Å². The van der Waals surface area contributed by atoms with E-state index in [9.17, 15) is 4.79 Å². The number of hydrogen-bond donors (Lipinski definition) is 1. The first-order chi connectivity index (χ1) is 11.3. The van der Waals surface area contributed by atoms with Gasteiger partial charge in [0.15, 0.2) is 0 Å². The summed E-state index contributed by atoms with van der Waals surface area (Å²) < 4.78 is 12.3. The van der Waals surface area contributed by atoms with Gasteiger partial charge >= 0.3 is 5.97 Å². The van der Waals surface area contributed by atoms with Gasteiger partial charge in [-0.2, -0.15) is 0 Å². The van der Waals surface area contributed by atoms with Gasteiger partial charge in [-0.25, -0.2) is 14.8 Å². The summed E-state index contributed by atoms with van der Waals surface area (Å²) in [5.74, 6) is -0.0666. The molecule has 0 fully saturated rings. The number of anilines is 1. The van der Waals surface area contributed by atoms with E-state index < -0.39 is 14.0 Å². The molecule has 8 heteroatoms. The molecule has 130 valence electrons. The van der Waals surface area contributed by atoms with Crippen LogP contribution in [-0.2, 0) is 21.0 Å². The van der Waals surface area contributed by atoms with Gasteiger partial charge in [-0.3, -0.25) is 0 Å². The van der Waals surface area contributed by atoms with Crippen LogP contribution in [0.3, 0.4) is 0 Å². The van der Waals surface area contributed by atoms with Crippen LogP contribution in [0, 0.1) is 0 Å². The Morgan fingerprint density at radius 2 is 2.12 bits per heavy atom. The van der Waals surface area contributed by atoms with Gasteiger partial charge in [0.05, 0.1) is 12.5 Å². The fraction of sp³-hybridized carbons (Fsp3) is 0.438. The predicted molar refractivity (Wildman–Crippen MR) is 97.1 cm³/mol. The Morgan fingerprint density at radius 3 is 2.79 bits per heavy atom. The SMILES string of the molecule is COC(=O)/C=C\c1cn(COCC[Si](C)(C)C)c2ncnc(N)c12. The highest BCUT2D eigenvalue weighted by Gasteiger charge is 2.14. The molecule has 24 heavy (non-hydrogen) atoms. The van der Waals surface area contributed by atoms with Crippen molar-refractivity contribution in [1.82, 2.24) is 14.5 Å². The van der Waals surface area contributed by atoms with E-state index in [1.54, 1.807) is 6.08 Å². The molecule has 0 radical (unpaired) electrons. The smallest absolute Gasteiger partial charge is 0.330 e. The number of esters is 1. The summed E-state index contributed by atoms with van der Waals surface area (Å²) in [4.78, 5) is 19.6. The number of nitrogen functional groups attached to an aromatic ring is 1. The number of carbonyl (C=O) groups excluding carboxylic acids is 1. The highest BCUT2D eigenvalue weighted by atomic mass is 28.3. The minimum atomic E-state index is -1.12. The number of nitrogens with zero attached hydrogens (tertiary/aromatic N) is 3. The molecule has 0 amide bonds. The lowest BCUT2D eigenvalue weighted by Gasteiger charge is -2.15. The molecular weight excluding hydrogens is 324 g/mol. The second-order valence-electron chi connectivity index (χ2n) is 6.72. The van der Waals surface area contributed by atoms with Crippen LogP contribution < -0.4 is 5.73 Å². The molecule has 0 unspecified atom stereocenters. The van der Waals surface area contributed by atoms with E-state index in [-0.39, 0.29) is 0 Å². The summed E-state index contributed by atoms with van der Waals surface area (Å²) in [5.41, 5.74) is 7.40. The van der Waals surface area contributed by atoms with Crippen LogP contribution in [-0.4, -0.2) is 42.3 Å². The summed E-state index contributed by atoms with van der Waals surface area (Å²) >= 11 is 0. The van der Waals surface area contributed by atoms with Crippen molar-refractivity contribution >= 4 is 37.0 Å². The second-order valence-corrected chi connectivity index (χ2v) is 12.3. The average molecular weight is 348 g/mol. The van der Waals surface area contributed by atoms with Crippen molar-refractivity contribution in [3.05, 3.63) is 24.2 Å². The summed E-state index contributed by atoms with van der Waals surface area (Å²) in [6.45, 7) is 8.02. The molecule has 0 aliphatic carbocycles. The maximum absolute atomic E-state index is 11.3. The summed E-state index contributed by atoms with van der Waals surface area (Å²) in [6.07, 6.45) is 6.26. The zero-order valence-corrected chi connectivity index (χ0v) is 15.6. The Hall–Kier alpha value is -2.19. The summed E-state index contributed by atoms with van der Waals surface area (Å²) in [7, 11) is 0.208. The first-order valence-electron chi connectivity index (χ1n) is 7.75. The normalized spacial score (nSPS) is 12.2. The molecule has 0 saturated carbocycles. The van der Waals surface area contributed by atoms with Gasteiger partial charge in [0, 0.05) is 32.5 Å². The summed E-state index contributed by atoms with van der Waals surface area (Å²) in [5, 5.41) is 0.700. The number of aromatic nitrogens is 3. The number of carbonyl (C=O) groups is 1. The number of nitrogens with two attached hydrogens (primary N) is 1. The molecule has 2 rings (SSSR count). The molecule has 2 N–H and O–H groups in total. The van der Waals surface area contributed by atoms with Gasteiger partial charge in [0.2, 0.25) is 0 Å². The van der Waals surface area contributed by atoms with Crippen molar-refractivity contribution in [2.24, 2.45) is 0 Å². The van der Waals surface area contributed by atoms with E-state index in [2.05, 4.69) is 34.3 Å². The van der Waals surface area contributed by atoms with Crippen molar-refractivity contribution in [1.29, 1.82) is 0 Å². The van der Waals surface area contributed by atoms with Crippen LogP contribution >= 0.6 is 0 Å². The van der Waals surface area contributed by atoms with E-state index in [1.807, 2.05) is 10.8 Å². The number of fused-ring (bicyclic) bond motifs is 1. The Kier molecular flexibility index (Phi) is 5.74. The van der Waals surface area contributed by atoms with Crippen LogP contribution in [0.25, 0.3) is 17.1 Å². The van der Waals surface area contributed by atoms with Crippen molar-refractivity contribution in [3.63, 3.8) is 0 Å². The Morgan fingerprint density at radius 1 is 1.38 bits per heavy atom. The molecule has 0 aromatic carbocycles. The highest BCUT2D eigenvalue weighted by Crippen LogP contribution is 2.25. The molecule has 0 aliphatic heterocycles. The van der Waals surface area contributed by atoms with Crippen LogP contribution in [0.2, 0.25) is 25.7 Å². The number of hydrogen-bond acceptors (Lipinski definition) is 6. The van der Waals surface area contributed by atoms with Gasteiger partial charge in [-0.05, 0) is 12.1 Å². The van der Waals surface area contributed by atoms with Crippen LogP contribution in [0.5, 0.6) is 0 Å². The quantitative estimate of drug-likeness (QED) is 0.358. The van der Waals surface area contributed by atoms with Crippen molar-refractivity contribution in [2.45, 2.75) is 32.4 Å². The zero-order chi connectivity index (χ0) is 17.7. The van der Waals surface area contributed by atoms with Gasteiger partial charge in [-0.1, -0.05) is 19.6 Å². The zero-order valence-electron chi connectivity index (χ0n) is 14.6. The van der Waals surface area contributed by atoms with Gasteiger partial charge in [-0.15, -0.1) is 0 Å². The molecule has 7 nitrogen and oxygen atoms in total. The molecule has 0 spiro atoms. The third kappa shape index (κ3) is 4.65. The fourth-order valence-corrected chi connectivity index (χ4v) is 2.93. The maximum Gasteiger partial charge on any atom is 0.330 e. The largest absolute Gasteiger partial charge is 0.466 e. The van der Waals surface area contributed by atoms with Gasteiger partial charge in [0.25, 0.3) is 0 Å². The van der Waals surface area contributed by atoms with E-state index in [0.717, 1.165) is 11.6 Å². The van der Waals surface area contributed by atoms with E-state index >= 15 is 0 Å². The van der Waals surface area contributed by atoms with Crippen LogP contribution in [0.4, 0.5) is 5.82 Å². The van der Waals surface area contributed by atoms with Gasteiger partial charge in [0.1, 0.15) is 24.5 Å². The van der Waals surface area contributed by atoms with E-state index in [4.69, 9.17) is 10.5 Å². The Labute approximate surface area is 142 Å². The molecule has 2 aromatic heterocycles. The van der Waals surface area contributed by atoms with Gasteiger partial charge < -0.3 is 19.8 Å². The highest BCUT2D eigenvalue weighted by molar-refractivity contribution is 6.76. The lowest BCUT2D eigenvalue weighted by Crippen LogP contribution is -2.22. The Balaban J connectivity index is 2.23.